The van der Waals surface area contributed by atoms with Crippen molar-refractivity contribution in [2.45, 2.75) is 37.9 Å². The number of ether oxygens (including phenoxy) is 1. The number of carbonyl (C=O) groups is 2. The van der Waals surface area contributed by atoms with Crippen molar-refractivity contribution in [2.24, 2.45) is 0 Å². The highest BCUT2D eigenvalue weighted by Gasteiger charge is 2.30. The molecule has 0 bridgehead atoms. The Bertz CT molecular complexity index is 302. The van der Waals surface area contributed by atoms with Gasteiger partial charge in [-0.2, -0.15) is 0 Å². The number of amides is 2. The topological polar surface area (TPSA) is 78.9 Å². The third-order valence-electron chi connectivity index (χ3n) is 3.26. The lowest BCUT2D eigenvalue weighted by atomic mass is 10.2. The van der Waals surface area contributed by atoms with Crippen LogP contribution in [-0.4, -0.2) is 53.8 Å². The summed E-state index contributed by atoms with van der Waals surface area (Å²) in [5.41, 5.74) is 0. The zero-order valence-corrected chi connectivity index (χ0v) is 9.72. The molecule has 96 valence electrons. The first-order chi connectivity index (χ1) is 8.16. The van der Waals surface area contributed by atoms with Gasteiger partial charge in [0.25, 0.3) is 0 Å². The molecule has 2 aliphatic heterocycles. The lowest BCUT2D eigenvalue weighted by molar-refractivity contribution is -0.149. The van der Waals surface area contributed by atoms with Gasteiger partial charge in [-0.05, 0) is 25.7 Å². The Morgan fingerprint density at radius 2 is 2.00 bits per heavy atom. The molecule has 2 heterocycles. The standard InChI is InChI=1S/C11H18N2O4/c14-10(15)9-4-3-8(17-9)7-12-11(16)13-5-1-2-6-13/h8-9H,1-7H2,(H,12,16)(H,14,15). The van der Waals surface area contributed by atoms with E-state index in [1.165, 1.54) is 0 Å². The van der Waals surface area contributed by atoms with Gasteiger partial charge in [-0.25, -0.2) is 9.59 Å². The fraction of sp³-hybridized carbons (Fsp3) is 0.818. The summed E-state index contributed by atoms with van der Waals surface area (Å²) in [7, 11) is 0. The zero-order chi connectivity index (χ0) is 12.3. The van der Waals surface area contributed by atoms with Crippen LogP contribution in [0.5, 0.6) is 0 Å². The molecule has 2 amide bonds. The number of nitrogens with zero attached hydrogens (tertiary/aromatic N) is 1. The van der Waals surface area contributed by atoms with Crippen LogP contribution in [0.3, 0.4) is 0 Å². The molecule has 2 saturated heterocycles. The minimum absolute atomic E-state index is 0.0649. The van der Waals surface area contributed by atoms with E-state index in [-0.39, 0.29) is 12.1 Å². The van der Waals surface area contributed by atoms with Crippen molar-refractivity contribution in [1.29, 1.82) is 0 Å². The quantitative estimate of drug-likeness (QED) is 0.752. The highest BCUT2D eigenvalue weighted by atomic mass is 16.5. The fourth-order valence-electron chi connectivity index (χ4n) is 2.27. The summed E-state index contributed by atoms with van der Waals surface area (Å²) in [6.07, 6.45) is 2.48. The Balaban J connectivity index is 1.68. The van der Waals surface area contributed by atoms with Gasteiger partial charge in [0.1, 0.15) is 0 Å². The molecule has 0 aliphatic carbocycles. The van der Waals surface area contributed by atoms with Gasteiger partial charge in [-0.1, -0.05) is 0 Å². The van der Waals surface area contributed by atoms with Crippen molar-refractivity contribution in [1.82, 2.24) is 10.2 Å². The smallest absolute Gasteiger partial charge is 0.332 e. The molecular weight excluding hydrogens is 224 g/mol. The second kappa shape index (κ2) is 5.35. The summed E-state index contributed by atoms with van der Waals surface area (Å²) in [5, 5.41) is 11.6. The first kappa shape index (κ1) is 12.2. The second-order valence-electron chi connectivity index (χ2n) is 4.54. The minimum atomic E-state index is -0.918. The molecule has 2 atom stereocenters. The fourth-order valence-corrected chi connectivity index (χ4v) is 2.27. The Hall–Kier alpha value is -1.30. The van der Waals surface area contributed by atoms with E-state index in [2.05, 4.69) is 5.32 Å². The SMILES string of the molecule is O=C(O)C1CCC(CNC(=O)N2CCCC2)O1. The third kappa shape index (κ3) is 3.09. The Morgan fingerprint density at radius 3 is 2.59 bits per heavy atom. The van der Waals surface area contributed by atoms with E-state index < -0.39 is 12.1 Å². The molecule has 0 radical (unpaired) electrons. The van der Waals surface area contributed by atoms with Crippen molar-refractivity contribution in [3.8, 4) is 0 Å². The highest BCUT2D eigenvalue weighted by molar-refractivity contribution is 5.74. The number of carbonyl (C=O) groups excluding carboxylic acids is 1. The molecule has 0 spiro atoms. The molecule has 0 aromatic rings. The summed E-state index contributed by atoms with van der Waals surface area (Å²) >= 11 is 0. The predicted octanol–water partition coefficient (Wildman–Crippen LogP) is 0.424. The number of urea groups is 1. The summed E-state index contributed by atoms with van der Waals surface area (Å²) in [5.74, 6) is -0.918. The van der Waals surface area contributed by atoms with E-state index >= 15 is 0 Å². The Kier molecular flexibility index (Phi) is 3.83. The predicted molar refractivity (Wildman–Crippen MR) is 59.7 cm³/mol. The van der Waals surface area contributed by atoms with Crippen LogP contribution >= 0.6 is 0 Å². The van der Waals surface area contributed by atoms with Gasteiger partial charge in [0, 0.05) is 19.6 Å². The summed E-state index contributed by atoms with van der Waals surface area (Å²) < 4.78 is 5.30. The number of nitrogens with one attached hydrogen (secondary N) is 1. The lowest BCUT2D eigenvalue weighted by Crippen LogP contribution is -2.41. The maximum absolute atomic E-state index is 11.7. The van der Waals surface area contributed by atoms with Crippen molar-refractivity contribution in [3.05, 3.63) is 0 Å². The van der Waals surface area contributed by atoms with Crippen LogP contribution in [0, 0.1) is 0 Å². The first-order valence-corrected chi connectivity index (χ1v) is 6.08. The number of hydrogen-bond donors (Lipinski definition) is 2. The molecule has 2 N–H and O–H groups in total. The van der Waals surface area contributed by atoms with Crippen LogP contribution in [0.1, 0.15) is 25.7 Å². The normalized spacial score (nSPS) is 28.4. The van der Waals surface area contributed by atoms with Crippen LogP contribution in [0.4, 0.5) is 4.79 Å². The van der Waals surface area contributed by atoms with E-state index in [1.54, 1.807) is 4.90 Å². The van der Waals surface area contributed by atoms with E-state index in [9.17, 15) is 9.59 Å². The molecule has 2 aliphatic rings. The maximum atomic E-state index is 11.7. The van der Waals surface area contributed by atoms with Gasteiger partial charge in [0.05, 0.1) is 6.10 Å². The average Bonchev–Trinajstić information content (AvgIpc) is 2.97. The number of aliphatic carboxylic acids is 1. The summed E-state index contributed by atoms with van der Waals surface area (Å²) in [6, 6.07) is -0.0649. The van der Waals surface area contributed by atoms with Crippen LogP contribution in [0.15, 0.2) is 0 Å². The van der Waals surface area contributed by atoms with Gasteiger partial charge < -0.3 is 20.1 Å². The largest absolute Gasteiger partial charge is 0.479 e. The van der Waals surface area contributed by atoms with Gasteiger partial charge in [0.15, 0.2) is 6.10 Å². The molecule has 6 heteroatoms. The number of hydrogen-bond acceptors (Lipinski definition) is 3. The molecule has 0 saturated carbocycles. The molecule has 6 nitrogen and oxygen atoms in total. The van der Waals surface area contributed by atoms with Crippen molar-refractivity contribution < 1.29 is 19.4 Å². The van der Waals surface area contributed by atoms with Crippen LogP contribution in [0.2, 0.25) is 0 Å². The van der Waals surface area contributed by atoms with E-state index in [4.69, 9.17) is 9.84 Å². The Morgan fingerprint density at radius 1 is 1.29 bits per heavy atom. The minimum Gasteiger partial charge on any atom is -0.479 e. The third-order valence-corrected chi connectivity index (χ3v) is 3.26. The average molecular weight is 242 g/mol. The molecular formula is C11H18N2O4. The molecule has 0 aromatic carbocycles. The van der Waals surface area contributed by atoms with Gasteiger partial charge >= 0.3 is 12.0 Å². The van der Waals surface area contributed by atoms with Crippen LogP contribution in [0.25, 0.3) is 0 Å². The monoisotopic (exact) mass is 242 g/mol. The number of likely N-dealkylation sites (tertiary alicyclic amines) is 1. The number of carboxylic acids is 1. The van der Waals surface area contributed by atoms with E-state index in [1.807, 2.05) is 0 Å². The molecule has 2 unspecified atom stereocenters. The van der Waals surface area contributed by atoms with E-state index in [0.29, 0.717) is 19.4 Å². The molecule has 17 heavy (non-hydrogen) atoms. The van der Waals surface area contributed by atoms with Gasteiger partial charge in [0.2, 0.25) is 0 Å². The highest BCUT2D eigenvalue weighted by Crippen LogP contribution is 2.19. The molecule has 0 aromatic heterocycles. The van der Waals surface area contributed by atoms with Gasteiger partial charge in [-0.15, -0.1) is 0 Å². The second-order valence-corrected chi connectivity index (χ2v) is 4.54. The molecule has 2 rings (SSSR count). The van der Waals surface area contributed by atoms with Crippen LogP contribution in [-0.2, 0) is 9.53 Å². The summed E-state index contributed by atoms with van der Waals surface area (Å²) in [4.78, 5) is 24.1. The summed E-state index contributed by atoms with van der Waals surface area (Å²) in [6.45, 7) is 2.03. The van der Waals surface area contributed by atoms with E-state index in [0.717, 1.165) is 25.9 Å². The first-order valence-electron chi connectivity index (χ1n) is 6.08. The van der Waals surface area contributed by atoms with Crippen molar-refractivity contribution >= 4 is 12.0 Å². The van der Waals surface area contributed by atoms with Crippen LogP contribution < -0.4 is 5.32 Å². The Labute approximate surface area is 99.9 Å². The zero-order valence-electron chi connectivity index (χ0n) is 9.72. The number of rotatable bonds is 3. The number of carboxylic acid groups (broad SMARTS) is 1. The van der Waals surface area contributed by atoms with Gasteiger partial charge in [-0.3, -0.25) is 0 Å². The lowest BCUT2D eigenvalue weighted by Gasteiger charge is -2.18. The van der Waals surface area contributed by atoms with Crippen molar-refractivity contribution in [2.75, 3.05) is 19.6 Å². The maximum Gasteiger partial charge on any atom is 0.332 e. The van der Waals surface area contributed by atoms with Crippen molar-refractivity contribution in [3.63, 3.8) is 0 Å². The molecule has 2 fully saturated rings.